The molecule has 4 aliphatic rings. The molecule has 83 heavy (non-hydrogen) atoms. The standard InChI is InChI=1S/C59H72F2N12O8S2/c1-35-52(82-34-66-35)38-9-7-36(8-10-38)25-65-56(77)48-23-42(74)30-73(48)58(79)53(59(2,3)4)67-49(75)32-71-19-17-70(18-20-71)28-37-11-14-69(15-12-37)16-13-62-55(76)43-24-47-44(21-39(43)33-83(6,80)81)45-31-68(5)57(78)51-50(45)40(26-63-51)29-72(47)54-46(61)22-41(60)27-64-54/h7-10,21-22,24,26-27,31,34,37,42,48,53,63,74H,11-20,23,25,28-30,32-33H2,1-6H3,(H,62,76)(H,65,77)(H,67,75)/t42-,48+,53-/m1/s1. The fourth-order valence-corrected chi connectivity index (χ4v) is 13.6. The summed E-state index contributed by atoms with van der Waals surface area (Å²) in [5, 5.41) is 20.2. The van der Waals surface area contributed by atoms with Crippen molar-refractivity contribution in [3.63, 3.8) is 0 Å². The number of nitrogens with zero attached hydrogens (tertiary/aromatic N) is 8. The highest BCUT2D eigenvalue weighted by Gasteiger charge is 2.45. The van der Waals surface area contributed by atoms with Gasteiger partial charge in [0, 0.05) is 119 Å². The van der Waals surface area contributed by atoms with Crippen molar-refractivity contribution in [1.29, 1.82) is 0 Å². The average molecular weight is 1180 g/mol. The number of fused-ring (bicyclic) bond motifs is 2. The zero-order valence-corrected chi connectivity index (χ0v) is 49.3. The second-order valence-corrected chi connectivity index (χ2v) is 26.7. The number of likely N-dealkylation sites (tertiary alicyclic amines) is 2. The van der Waals surface area contributed by atoms with Gasteiger partial charge in [0.15, 0.2) is 21.5 Å². The highest BCUT2D eigenvalue weighted by atomic mass is 32.2. The van der Waals surface area contributed by atoms with E-state index >= 15 is 4.39 Å². The van der Waals surface area contributed by atoms with Gasteiger partial charge in [-0.3, -0.25) is 28.9 Å². The zero-order chi connectivity index (χ0) is 59.1. The summed E-state index contributed by atoms with van der Waals surface area (Å²) < 4.78 is 57.1. The Morgan fingerprint density at radius 3 is 2.34 bits per heavy atom. The van der Waals surface area contributed by atoms with Crippen molar-refractivity contribution >= 4 is 67.2 Å². The summed E-state index contributed by atoms with van der Waals surface area (Å²) in [5.41, 5.74) is 6.25. The van der Waals surface area contributed by atoms with Crippen LogP contribution >= 0.6 is 11.3 Å². The van der Waals surface area contributed by atoms with Crippen molar-refractivity contribution in [3.8, 4) is 21.6 Å². The molecule has 0 saturated carbocycles. The Kier molecular flexibility index (Phi) is 17.4. The molecule has 5 N–H and O–H groups in total. The summed E-state index contributed by atoms with van der Waals surface area (Å²) in [6.07, 6.45) is 6.37. The number of hydrogen-bond acceptors (Lipinski definition) is 15. The Labute approximate surface area is 485 Å². The molecule has 0 spiro atoms. The number of nitrogens with one attached hydrogen (secondary N) is 4. The minimum Gasteiger partial charge on any atom is -0.391 e. The van der Waals surface area contributed by atoms with Gasteiger partial charge in [0.25, 0.3) is 11.5 Å². The fourth-order valence-electron chi connectivity index (χ4n) is 12.0. The second kappa shape index (κ2) is 24.3. The number of rotatable bonds is 17. The van der Waals surface area contributed by atoms with Crippen molar-refractivity contribution in [2.45, 2.75) is 84.0 Å². The maximum Gasteiger partial charge on any atom is 0.274 e. The number of aromatic nitrogens is 4. The molecule has 2 aromatic carbocycles. The third-order valence-electron chi connectivity index (χ3n) is 16.4. The molecule has 0 radical (unpaired) electrons. The Balaban J connectivity index is 0.698. The van der Waals surface area contributed by atoms with Gasteiger partial charge in [0.2, 0.25) is 17.7 Å². The van der Waals surface area contributed by atoms with E-state index in [9.17, 15) is 41.9 Å². The van der Waals surface area contributed by atoms with Crippen molar-refractivity contribution in [3.05, 3.63) is 117 Å². The van der Waals surface area contributed by atoms with Crippen LogP contribution in [-0.2, 0) is 50.1 Å². The fraction of sp³-hybridized carbons (Fsp3) is 0.475. The first-order chi connectivity index (χ1) is 39.5. The van der Waals surface area contributed by atoms with Gasteiger partial charge in [0.1, 0.15) is 23.4 Å². The summed E-state index contributed by atoms with van der Waals surface area (Å²) >= 11 is 1.57. The summed E-state index contributed by atoms with van der Waals surface area (Å²) in [6.45, 7) is 14.2. The quantitative estimate of drug-likeness (QED) is 0.0833. The summed E-state index contributed by atoms with van der Waals surface area (Å²) in [4.78, 5) is 91.3. The molecule has 442 valence electrons. The number of β-amino-alcohol motifs (C(OH)–C–C–N with tert-alkyl or cyclic N) is 1. The number of aliphatic hydroxyl groups excluding tert-OH is 1. The van der Waals surface area contributed by atoms with Crippen LogP contribution < -0.4 is 26.4 Å². The Morgan fingerprint density at radius 1 is 0.940 bits per heavy atom. The van der Waals surface area contributed by atoms with Gasteiger partial charge in [-0.05, 0) is 78.6 Å². The van der Waals surface area contributed by atoms with E-state index in [0.717, 1.165) is 85.8 Å². The number of H-pyrrole nitrogens is 1. The second-order valence-electron chi connectivity index (χ2n) is 23.7. The van der Waals surface area contributed by atoms with Gasteiger partial charge < -0.3 is 50.2 Å². The lowest BCUT2D eigenvalue weighted by Gasteiger charge is -2.39. The molecular formula is C59H72F2N12O8S2. The number of aliphatic hydroxyl groups is 1. The molecule has 20 nitrogen and oxygen atoms in total. The van der Waals surface area contributed by atoms with Crippen molar-refractivity contribution in [1.82, 2.24) is 55.1 Å². The summed E-state index contributed by atoms with van der Waals surface area (Å²) in [7, 11) is -2.09. The molecule has 4 aliphatic heterocycles. The van der Waals surface area contributed by atoms with E-state index in [2.05, 4.69) is 45.6 Å². The van der Waals surface area contributed by atoms with Crippen LogP contribution in [0.5, 0.6) is 0 Å². The first kappa shape index (κ1) is 59.2. The maximum atomic E-state index is 15.6. The first-order valence-electron chi connectivity index (χ1n) is 28.1. The van der Waals surface area contributed by atoms with Gasteiger partial charge in [-0.15, -0.1) is 11.3 Å². The number of anilines is 2. The van der Waals surface area contributed by atoms with Crippen LogP contribution in [0.2, 0.25) is 0 Å². The smallest absolute Gasteiger partial charge is 0.274 e. The maximum absolute atomic E-state index is 15.6. The molecule has 3 atom stereocenters. The van der Waals surface area contributed by atoms with E-state index in [-0.39, 0.29) is 73.5 Å². The van der Waals surface area contributed by atoms with Gasteiger partial charge >= 0.3 is 0 Å². The summed E-state index contributed by atoms with van der Waals surface area (Å²) in [5.74, 6) is -3.63. The Morgan fingerprint density at radius 2 is 1.66 bits per heavy atom. The van der Waals surface area contributed by atoms with Gasteiger partial charge in [0.05, 0.1) is 52.9 Å². The molecule has 4 amide bonds. The molecule has 0 unspecified atom stereocenters. The van der Waals surface area contributed by atoms with E-state index in [1.807, 2.05) is 57.5 Å². The predicted molar refractivity (Wildman–Crippen MR) is 314 cm³/mol. The molecule has 24 heteroatoms. The third kappa shape index (κ3) is 13.4. The number of thiazole rings is 1. The van der Waals surface area contributed by atoms with E-state index < -0.39 is 62.6 Å². The van der Waals surface area contributed by atoms with Gasteiger partial charge in [-0.2, -0.15) is 0 Å². The van der Waals surface area contributed by atoms with Crippen LogP contribution in [0.4, 0.5) is 20.3 Å². The lowest BCUT2D eigenvalue weighted by Crippen LogP contribution is -2.59. The Bertz CT molecular complexity index is 3610. The van der Waals surface area contributed by atoms with Gasteiger partial charge in [-0.1, -0.05) is 45.0 Å². The average Bonchev–Trinajstić information content (AvgIpc) is 1.86. The van der Waals surface area contributed by atoms with Gasteiger partial charge in [-0.25, -0.2) is 27.2 Å². The van der Waals surface area contributed by atoms with Crippen LogP contribution in [-0.4, -0.2) is 173 Å². The van der Waals surface area contributed by atoms with E-state index in [1.54, 1.807) is 36.8 Å². The van der Waals surface area contributed by atoms with Crippen LogP contribution in [0.3, 0.4) is 0 Å². The number of piperidine rings is 1. The number of carbonyl (C=O) groups excluding carboxylic acids is 4. The topological polar surface area (TPSA) is 239 Å². The lowest BCUT2D eigenvalue weighted by molar-refractivity contribution is -0.144. The monoisotopic (exact) mass is 1180 g/mol. The van der Waals surface area contributed by atoms with E-state index in [4.69, 9.17) is 0 Å². The molecule has 0 bridgehead atoms. The number of piperazine rings is 1. The minimum absolute atomic E-state index is 0.00462. The number of halogens is 2. The third-order valence-corrected chi connectivity index (χ3v) is 18.2. The SMILES string of the molecule is Cc1ncsc1-c1ccc(CNC(=O)[C@@H]2C[C@@H](O)CN2C(=O)[C@@H](NC(=O)CN2CCN(CC3CCN(CCNC(=O)c4cc5c(cc4CS(C)(=O)=O)-c4cn(C)c(=O)c6[nH]cc(c46)CN5c4ncc(F)cc4F)CC3)CC2)C(C)(C)C)cc1. The van der Waals surface area contributed by atoms with Crippen LogP contribution in [0.1, 0.15) is 72.8 Å². The number of hydrogen-bond donors (Lipinski definition) is 5. The van der Waals surface area contributed by atoms with Crippen LogP contribution in [0.25, 0.3) is 32.5 Å². The number of carbonyl (C=O) groups is 4. The molecule has 3 fully saturated rings. The minimum atomic E-state index is -3.68. The molecule has 8 heterocycles. The van der Waals surface area contributed by atoms with Crippen molar-refractivity contribution < 1.29 is 41.5 Å². The number of benzene rings is 2. The van der Waals surface area contributed by atoms with E-state index in [1.165, 1.54) is 20.4 Å². The highest BCUT2D eigenvalue weighted by molar-refractivity contribution is 7.89. The Hall–Kier alpha value is -6.96. The molecule has 3 saturated heterocycles. The molecule has 4 aromatic heterocycles. The first-order valence-corrected chi connectivity index (χ1v) is 31.1. The molecule has 10 rings (SSSR count). The lowest BCUT2D eigenvalue weighted by atomic mass is 9.85. The number of pyridine rings is 2. The zero-order valence-electron chi connectivity index (χ0n) is 47.6. The molecular weight excluding hydrogens is 1110 g/mol. The molecule has 6 aromatic rings. The van der Waals surface area contributed by atoms with Crippen molar-refractivity contribution in [2.75, 3.05) is 83.1 Å². The summed E-state index contributed by atoms with van der Waals surface area (Å²) in [6, 6.07) is 9.92. The van der Waals surface area contributed by atoms with Crippen LogP contribution in [0.15, 0.2) is 71.4 Å². The normalized spacial score (nSPS) is 18.7. The number of sulfone groups is 1. The van der Waals surface area contributed by atoms with Crippen molar-refractivity contribution in [2.24, 2.45) is 18.4 Å². The number of aromatic amines is 1. The highest BCUT2D eigenvalue weighted by Crippen LogP contribution is 2.45. The number of amides is 4. The predicted octanol–water partition coefficient (Wildman–Crippen LogP) is 4.70. The molecule has 0 aliphatic carbocycles. The van der Waals surface area contributed by atoms with E-state index in [0.29, 0.717) is 58.8 Å². The van der Waals surface area contributed by atoms with Crippen LogP contribution in [0, 0.1) is 29.9 Å². The largest absolute Gasteiger partial charge is 0.391 e. The number of aryl methyl sites for hydroxylation is 2.